The number of hydrogen-bond acceptors (Lipinski definition) is 8. The number of imidazole rings is 2. The number of likely N-dealkylation sites (tertiary alicyclic amines) is 2. The van der Waals surface area contributed by atoms with E-state index in [0.717, 1.165) is 81.3 Å². The van der Waals surface area contributed by atoms with Gasteiger partial charge in [-0.15, -0.1) is 0 Å². The highest BCUT2D eigenvalue weighted by molar-refractivity contribution is 6.05. The van der Waals surface area contributed by atoms with Crippen molar-refractivity contribution in [1.29, 1.82) is 0 Å². The number of nitrogens with zero attached hydrogens (tertiary/aromatic N) is 4. The fourth-order valence-corrected chi connectivity index (χ4v) is 7.91. The number of methoxy groups -OCH3 is 2. The summed E-state index contributed by atoms with van der Waals surface area (Å²) in [6, 6.07) is 14.7. The van der Waals surface area contributed by atoms with E-state index in [0.29, 0.717) is 13.1 Å². The minimum Gasteiger partial charge on any atom is -0.453 e. The molecule has 4 N–H and O–H groups in total. The molecule has 4 atom stereocenters. The van der Waals surface area contributed by atoms with Gasteiger partial charge in [0.05, 0.1) is 48.4 Å². The number of amides is 4. The maximum absolute atomic E-state index is 13.7. The van der Waals surface area contributed by atoms with Crippen molar-refractivity contribution in [2.24, 2.45) is 11.8 Å². The van der Waals surface area contributed by atoms with E-state index in [1.807, 2.05) is 49.6 Å². The van der Waals surface area contributed by atoms with E-state index < -0.39 is 24.3 Å². The smallest absolute Gasteiger partial charge is 0.407 e. The van der Waals surface area contributed by atoms with Crippen LogP contribution in [0.15, 0.2) is 48.5 Å². The van der Waals surface area contributed by atoms with Gasteiger partial charge >= 0.3 is 12.2 Å². The summed E-state index contributed by atoms with van der Waals surface area (Å²) in [5.74, 6) is 0.947. The van der Waals surface area contributed by atoms with Gasteiger partial charge in [-0.25, -0.2) is 19.6 Å². The van der Waals surface area contributed by atoms with Crippen LogP contribution in [0.2, 0.25) is 0 Å². The van der Waals surface area contributed by atoms with Gasteiger partial charge in [0.15, 0.2) is 0 Å². The zero-order valence-corrected chi connectivity index (χ0v) is 31.6. The molecule has 0 radical (unpaired) electrons. The summed E-state index contributed by atoms with van der Waals surface area (Å²) in [5.41, 5.74) is 5.47. The normalized spacial score (nSPS) is 18.5. The number of H-pyrrole nitrogens is 2. The molecule has 284 valence electrons. The Bertz CT molecular complexity index is 2230. The summed E-state index contributed by atoms with van der Waals surface area (Å²) in [5, 5.41) is 7.45. The lowest BCUT2D eigenvalue weighted by atomic mass is 10.0. The zero-order chi connectivity index (χ0) is 38.3. The molecule has 2 fully saturated rings. The van der Waals surface area contributed by atoms with Gasteiger partial charge in [0.1, 0.15) is 23.7 Å². The highest BCUT2D eigenvalue weighted by atomic mass is 16.5. The van der Waals surface area contributed by atoms with Gasteiger partial charge in [-0.2, -0.15) is 0 Å². The van der Waals surface area contributed by atoms with Crippen LogP contribution in [0.1, 0.15) is 77.1 Å². The summed E-state index contributed by atoms with van der Waals surface area (Å²) >= 11 is 0. The Hall–Kier alpha value is -5.66. The average molecular weight is 737 g/mol. The van der Waals surface area contributed by atoms with Gasteiger partial charge in [-0.1, -0.05) is 52.0 Å². The van der Waals surface area contributed by atoms with Crippen molar-refractivity contribution in [3.8, 4) is 11.1 Å². The molecule has 0 bridgehead atoms. The summed E-state index contributed by atoms with van der Waals surface area (Å²) in [7, 11) is 2.58. The van der Waals surface area contributed by atoms with E-state index in [1.54, 1.807) is 0 Å². The number of aromatic amines is 2. The number of fused-ring (bicyclic) bond motifs is 4. The second-order valence-electron chi connectivity index (χ2n) is 15.0. The summed E-state index contributed by atoms with van der Waals surface area (Å²) in [4.78, 5) is 71.9. The number of rotatable bonds is 9. The molecule has 14 nitrogen and oxygen atoms in total. The van der Waals surface area contributed by atoms with Crippen LogP contribution in [-0.4, -0.2) is 93.1 Å². The molecular formula is C40H48N8O6. The summed E-state index contributed by atoms with van der Waals surface area (Å²) in [6.45, 7) is 8.78. The molecule has 2 saturated heterocycles. The van der Waals surface area contributed by atoms with Gasteiger partial charge < -0.3 is 39.9 Å². The summed E-state index contributed by atoms with van der Waals surface area (Å²) < 4.78 is 9.55. The van der Waals surface area contributed by atoms with Crippen LogP contribution in [0, 0.1) is 11.8 Å². The third-order valence-electron chi connectivity index (χ3n) is 10.8. The van der Waals surface area contributed by atoms with Gasteiger partial charge in [-0.3, -0.25) is 9.59 Å². The number of carbonyl (C=O) groups is 4. The molecule has 0 aliphatic carbocycles. The minimum atomic E-state index is -0.699. The molecule has 1 unspecified atom stereocenters. The molecule has 54 heavy (non-hydrogen) atoms. The van der Waals surface area contributed by atoms with E-state index in [2.05, 4.69) is 57.0 Å². The van der Waals surface area contributed by atoms with Crippen molar-refractivity contribution in [2.45, 2.75) is 77.5 Å². The van der Waals surface area contributed by atoms with Crippen LogP contribution in [0.4, 0.5) is 9.59 Å². The predicted molar refractivity (Wildman–Crippen MR) is 204 cm³/mol. The van der Waals surface area contributed by atoms with Gasteiger partial charge in [0.2, 0.25) is 11.8 Å². The lowest BCUT2D eigenvalue weighted by Crippen LogP contribution is -2.51. The number of nitrogens with one attached hydrogen (secondary N) is 4. The lowest BCUT2D eigenvalue weighted by Gasteiger charge is -2.29. The molecule has 5 aromatic rings. The molecule has 2 aromatic heterocycles. The second kappa shape index (κ2) is 15.0. The van der Waals surface area contributed by atoms with Crippen molar-refractivity contribution >= 4 is 56.8 Å². The molecule has 4 heterocycles. The van der Waals surface area contributed by atoms with Crippen LogP contribution >= 0.6 is 0 Å². The first kappa shape index (κ1) is 36.7. The van der Waals surface area contributed by atoms with Crippen molar-refractivity contribution in [3.63, 3.8) is 0 Å². The Morgan fingerprint density at radius 2 is 1.24 bits per heavy atom. The van der Waals surface area contributed by atoms with Gasteiger partial charge in [0, 0.05) is 18.5 Å². The highest BCUT2D eigenvalue weighted by Crippen LogP contribution is 2.37. The molecular weight excluding hydrogens is 688 g/mol. The molecule has 0 spiro atoms. The lowest BCUT2D eigenvalue weighted by molar-refractivity contribution is -0.136. The Morgan fingerprint density at radius 3 is 1.81 bits per heavy atom. The van der Waals surface area contributed by atoms with Crippen LogP contribution in [0.5, 0.6) is 0 Å². The summed E-state index contributed by atoms with van der Waals surface area (Å²) in [6.07, 6.45) is 1.97. The highest BCUT2D eigenvalue weighted by Gasteiger charge is 2.39. The van der Waals surface area contributed by atoms with Gasteiger partial charge in [0.25, 0.3) is 0 Å². The van der Waals surface area contributed by atoms with Crippen LogP contribution in [0.3, 0.4) is 0 Å². The van der Waals surface area contributed by atoms with Crippen LogP contribution < -0.4 is 10.6 Å². The first-order chi connectivity index (χ1) is 26.0. The topological polar surface area (TPSA) is 175 Å². The maximum atomic E-state index is 13.7. The maximum Gasteiger partial charge on any atom is 0.407 e. The minimum absolute atomic E-state index is 0.113. The molecule has 14 heteroatoms. The average Bonchev–Trinajstić information content (AvgIpc) is 3.99. The number of ether oxygens (including phenoxy) is 2. The number of aromatic nitrogens is 4. The van der Waals surface area contributed by atoms with Crippen molar-refractivity contribution in [3.05, 3.63) is 60.2 Å². The van der Waals surface area contributed by atoms with Crippen molar-refractivity contribution in [2.75, 3.05) is 27.3 Å². The van der Waals surface area contributed by atoms with Crippen molar-refractivity contribution in [1.82, 2.24) is 40.4 Å². The predicted octanol–water partition coefficient (Wildman–Crippen LogP) is 6.35. The first-order valence-corrected chi connectivity index (χ1v) is 18.7. The first-order valence-electron chi connectivity index (χ1n) is 18.7. The fourth-order valence-electron chi connectivity index (χ4n) is 7.91. The van der Waals surface area contributed by atoms with Gasteiger partial charge in [-0.05, 0) is 78.3 Å². The standard InChI is InChI=1S/C40H48N8O6/c1-21(2)32(45-39(51)53-5)37(49)47-17-7-9-30(47)35-41-27-15-12-24(20-29(27)43-35)23-11-14-26-25(19-23)13-16-28-34(26)44-36(42-28)31-10-8-18-48(31)38(50)33(22(3)4)46-40(52)54-6/h11-16,19-22,30-33H,7-10,17-18H2,1-6H3,(H,41,43)(H,42,44)(H,45,51)(H,46,52)/t30-,31-,32?,33-/m0/s1. The van der Waals surface area contributed by atoms with E-state index in [4.69, 9.17) is 19.4 Å². The SMILES string of the molecule is COC(=O)NC(C(=O)N1CCC[C@H]1c1nc2ccc(-c3ccc4c(ccc5[nH]c([C@@H]6CCCN6C(=O)[C@@H](NC(=O)OC)C(C)C)nc54)c3)cc2[nH]1)C(C)C. The Balaban J connectivity index is 1.13. The third-order valence-corrected chi connectivity index (χ3v) is 10.8. The molecule has 3 aromatic carbocycles. The molecule has 4 amide bonds. The van der Waals surface area contributed by atoms with Crippen molar-refractivity contribution < 1.29 is 28.7 Å². The quantitative estimate of drug-likeness (QED) is 0.136. The van der Waals surface area contributed by atoms with Crippen LogP contribution in [0.25, 0.3) is 44.0 Å². The van der Waals surface area contributed by atoms with E-state index >= 15 is 0 Å². The molecule has 7 rings (SSSR count). The largest absolute Gasteiger partial charge is 0.453 e. The third kappa shape index (κ3) is 6.92. The molecule has 0 saturated carbocycles. The van der Waals surface area contributed by atoms with E-state index in [1.165, 1.54) is 14.2 Å². The number of hydrogen-bond donors (Lipinski definition) is 4. The Labute approximate surface area is 313 Å². The zero-order valence-electron chi connectivity index (χ0n) is 31.6. The second-order valence-corrected chi connectivity index (χ2v) is 15.0. The van der Waals surface area contributed by atoms with E-state index in [9.17, 15) is 19.2 Å². The van der Waals surface area contributed by atoms with Crippen LogP contribution in [-0.2, 0) is 19.1 Å². The molecule has 2 aliphatic heterocycles. The van der Waals surface area contributed by atoms with E-state index in [-0.39, 0.29) is 35.7 Å². The number of alkyl carbamates (subject to hydrolysis) is 2. The monoisotopic (exact) mass is 736 g/mol. The fraction of sp³-hybridized carbons (Fsp3) is 0.450. The number of benzene rings is 3. The Kier molecular flexibility index (Phi) is 10.2. The molecule has 2 aliphatic rings. The number of carbonyl (C=O) groups excluding carboxylic acids is 4. The Morgan fingerprint density at radius 1 is 0.704 bits per heavy atom.